The molecule has 0 aromatic rings. The average Bonchev–Trinajstić information content (AvgIpc) is 2.35. The number of amides is 1. The molecule has 0 saturated heterocycles. The highest BCUT2D eigenvalue weighted by Gasteiger charge is 2.07. The van der Waals surface area contributed by atoms with Crippen LogP contribution in [0.2, 0.25) is 0 Å². The maximum absolute atomic E-state index is 11.5. The van der Waals surface area contributed by atoms with Gasteiger partial charge in [-0.2, -0.15) is 0 Å². The fourth-order valence-corrected chi connectivity index (χ4v) is 1.78. The van der Waals surface area contributed by atoms with Gasteiger partial charge in [-0.3, -0.25) is 9.69 Å². The SMILES string of the molecule is C=C(C)C(=O)NCN(CCCCC)CCCCC. The molecule has 0 aliphatic carbocycles. The van der Waals surface area contributed by atoms with E-state index in [2.05, 4.69) is 30.6 Å². The topological polar surface area (TPSA) is 32.3 Å². The fourth-order valence-electron chi connectivity index (χ4n) is 1.78. The Labute approximate surface area is 113 Å². The molecule has 0 unspecified atom stereocenters. The van der Waals surface area contributed by atoms with Crippen molar-refractivity contribution in [3.8, 4) is 0 Å². The zero-order chi connectivity index (χ0) is 13.8. The molecule has 1 N–H and O–H groups in total. The van der Waals surface area contributed by atoms with Gasteiger partial charge in [0.1, 0.15) is 0 Å². The van der Waals surface area contributed by atoms with Crippen LogP contribution in [-0.2, 0) is 4.79 Å². The van der Waals surface area contributed by atoms with Gasteiger partial charge >= 0.3 is 0 Å². The minimum atomic E-state index is -0.0361. The van der Waals surface area contributed by atoms with E-state index >= 15 is 0 Å². The molecule has 0 spiro atoms. The van der Waals surface area contributed by atoms with Crippen LogP contribution in [0.3, 0.4) is 0 Å². The number of nitrogens with one attached hydrogen (secondary N) is 1. The summed E-state index contributed by atoms with van der Waals surface area (Å²) in [4.78, 5) is 13.8. The van der Waals surface area contributed by atoms with Crippen LogP contribution in [0.25, 0.3) is 0 Å². The van der Waals surface area contributed by atoms with Crippen LogP contribution in [0.15, 0.2) is 12.2 Å². The maximum Gasteiger partial charge on any atom is 0.247 e. The van der Waals surface area contributed by atoms with Crippen LogP contribution >= 0.6 is 0 Å². The third-order valence-corrected chi connectivity index (χ3v) is 3.01. The Morgan fingerprint density at radius 3 is 1.94 bits per heavy atom. The van der Waals surface area contributed by atoms with Gasteiger partial charge in [0.25, 0.3) is 0 Å². The molecule has 0 rings (SSSR count). The van der Waals surface area contributed by atoms with Gasteiger partial charge in [0.15, 0.2) is 0 Å². The minimum absolute atomic E-state index is 0.0361. The molecule has 1 amide bonds. The van der Waals surface area contributed by atoms with Crippen LogP contribution in [0.4, 0.5) is 0 Å². The van der Waals surface area contributed by atoms with Crippen molar-refractivity contribution in [3.05, 3.63) is 12.2 Å². The lowest BCUT2D eigenvalue weighted by Gasteiger charge is -2.22. The fraction of sp³-hybridized carbons (Fsp3) is 0.800. The average molecular weight is 254 g/mol. The van der Waals surface area contributed by atoms with Gasteiger partial charge in [0, 0.05) is 5.57 Å². The van der Waals surface area contributed by atoms with E-state index in [9.17, 15) is 4.79 Å². The van der Waals surface area contributed by atoms with Crippen molar-refractivity contribution in [2.75, 3.05) is 19.8 Å². The van der Waals surface area contributed by atoms with E-state index in [-0.39, 0.29) is 5.91 Å². The molecule has 0 saturated carbocycles. The number of hydrogen-bond donors (Lipinski definition) is 1. The summed E-state index contributed by atoms with van der Waals surface area (Å²) in [5, 5.41) is 2.92. The third-order valence-electron chi connectivity index (χ3n) is 3.01. The molecule has 0 aromatic heterocycles. The van der Waals surface area contributed by atoms with Crippen molar-refractivity contribution < 1.29 is 4.79 Å². The number of carbonyl (C=O) groups is 1. The first-order valence-electron chi connectivity index (χ1n) is 7.27. The highest BCUT2D eigenvalue weighted by Crippen LogP contribution is 2.02. The quantitative estimate of drug-likeness (QED) is 0.348. The van der Waals surface area contributed by atoms with Crippen molar-refractivity contribution in [1.29, 1.82) is 0 Å². The molecule has 18 heavy (non-hydrogen) atoms. The largest absolute Gasteiger partial charge is 0.340 e. The van der Waals surface area contributed by atoms with Gasteiger partial charge in [0.05, 0.1) is 6.67 Å². The van der Waals surface area contributed by atoms with E-state index in [0.717, 1.165) is 13.1 Å². The van der Waals surface area contributed by atoms with Crippen LogP contribution in [0.5, 0.6) is 0 Å². The maximum atomic E-state index is 11.5. The highest BCUT2D eigenvalue weighted by atomic mass is 16.1. The van der Waals surface area contributed by atoms with E-state index in [4.69, 9.17) is 0 Å². The van der Waals surface area contributed by atoms with Crippen molar-refractivity contribution in [2.24, 2.45) is 0 Å². The minimum Gasteiger partial charge on any atom is -0.340 e. The van der Waals surface area contributed by atoms with Crippen molar-refractivity contribution >= 4 is 5.91 Å². The molecule has 0 aliphatic rings. The van der Waals surface area contributed by atoms with Crippen LogP contribution in [-0.4, -0.2) is 30.6 Å². The molecule has 0 bridgehead atoms. The van der Waals surface area contributed by atoms with E-state index < -0.39 is 0 Å². The van der Waals surface area contributed by atoms with E-state index in [1.807, 2.05) is 0 Å². The Morgan fingerprint density at radius 1 is 1.06 bits per heavy atom. The molecular formula is C15H30N2O. The number of nitrogens with zero attached hydrogens (tertiary/aromatic N) is 1. The summed E-state index contributed by atoms with van der Waals surface area (Å²) in [5.74, 6) is -0.0361. The lowest BCUT2D eigenvalue weighted by atomic mass is 10.2. The summed E-state index contributed by atoms with van der Waals surface area (Å²) in [6, 6.07) is 0. The first kappa shape index (κ1) is 17.2. The second kappa shape index (κ2) is 11.3. The number of hydrogen-bond acceptors (Lipinski definition) is 2. The van der Waals surface area contributed by atoms with Gasteiger partial charge in [-0.15, -0.1) is 0 Å². The summed E-state index contributed by atoms with van der Waals surface area (Å²) >= 11 is 0. The molecule has 3 heteroatoms. The van der Waals surface area contributed by atoms with E-state index in [0.29, 0.717) is 12.2 Å². The van der Waals surface area contributed by atoms with Gasteiger partial charge in [-0.25, -0.2) is 0 Å². The van der Waals surface area contributed by atoms with Crippen LogP contribution in [0.1, 0.15) is 59.3 Å². The predicted molar refractivity (Wildman–Crippen MR) is 78.4 cm³/mol. The zero-order valence-electron chi connectivity index (χ0n) is 12.4. The lowest BCUT2D eigenvalue weighted by molar-refractivity contribution is -0.118. The third kappa shape index (κ3) is 9.23. The smallest absolute Gasteiger partial charge is 0.247 e. The van der Waals surface area contributed by atoms with Gasteiger partial charge in [-0.05, 0) is 32.9 Å². The normalized spacial score (nSPS) is 10.7. The van der Waals surface area contributed by atoms with Gasteiger partial charge < -0.3 is 5.32 Å². The highest BCUT2D eigenvalue weighted by molar-refractivity contribution is 5.91. The molecule has 106 valence electrons. The molecule has 0 aliphatic heterocycles. The van der Waals surface area contributed by atoms with Crippen LogP contribution < -0.4 is 5.32 Å². The second-order valence-corrected chi connectivity index (χ2v) is 4.98. The Morgan fingerprint density at radius 2 is 1.56 bits per heavy atom. The molecule has 0 heterocycles. The second-order valence-electron chi connectivity index (χ2n) is 4.98. The molecular weight excluding hydrogens is 224 g/mol. The first-order valence-corrected chi connectivity index (χ1v) is 7.27. The predicted octanol–water partition coefficient (Wildman–Crippen LogP) is 3.32. The van der Waals surface area contributed by atoms with Gasteiger partial charge in [-0.1, -0.05) is 46.1 Å². The molecule has 3 nitrogen and oxygen atoms in total. The summed E-state index contributed by atoms with van der Waals surface area (Å²) in [7, 11) is 0. The van der Waals surface area contributed by atoms with E-state index in [1.54, 1.807) is 6.92 Å². The molecule has 0 fully saturated rings. The molecule has 0 atom stereocenters. The van der Waals surface area contributed by atoms with Crippen molar-refractivity contribution in [1.82, 2.24) is 10.2 Å². The van der Waals surface area contributed by atoms with Gasteiger partial charge in [0.2, 0.25) is 5.91 Å². The summed E-state index contributed by atoms with van der Waals surface area (Å²) in [6.45, 7) is 12.6. The number of carbonyl (C=O) groups excluding carboxylic acids is 1. The Kier molecular flexibility index (Phi) is 10.8. The van der Waals surface area contributed by atoms with E-state index in [1.165, 1.54) is 38.5 Å². The van der Waals surface area contributed by atoms with Crippen molar-refractivity contribution in [2.45, 2.75) is 59.3 Å². The molecule has 0 radical (unpaired) electrons. The van der Waals surface area contributed by atoms with Crippen LogP contribution in [0, 0.1) is 0 Å². The number of rotatable bonds is 11. The van der Waals surface area contributed by atoms with Crippen molar-refractivity contribution in [3.63, 3.8) is 0 Å². The Hall–Kier alpha value is -0.830. The monoisotopic (exact) mass is 254 g/mol. The Balaban J connectivity index is 3.94. The summed E-state index contributed by atoms with van der Waals surface area (Å²) in [6.07, 6.45) is 7.43. The Bertz CT molecular complexity index is 229. The zero-order valence-corrected chi connectivity index (χ0v) is 12.4. The molecule has 0 aromatic carbocycles. The standard InChI is InChI=1S/C15H30N2O/c1-5-7-9-11-17(12-10-8-6-2)13-16-15(18)14(3)4/h3,5-13H2,1-2,4H3,(H,16,18). The summed E-state index contributed by atoms with van der Waals surface area (Å²) < 4.78 is 0. The number of unbranched alkanes of at least 4 members (excludes halogenated alkanes) is 4. The first-order chi connectivity index (χ1) is 8.61. The summed E-state index contributed by atoms with van der Waals surface area (Å²) in [5.41, 5.74) is 0.581. The lowest BCUT2D eigenvalue weighted by Crippen LogP contribution is -2.39.